The van der Waals surface area contributed by atoms with Gasteiger partial charge in [-0.3, -0.25) is 0 Å². The van der Waals surface area contributed by atoms with Crippen LogP contribution < -0.4 is 4.74 Å². The first kappa shape index (κ1) is 12.0. The van der Waals surface area contributed by atoms with Crippen molar-refractivity contribution in [2.45, 2.75) is 17.8 Å². The summed E-state index contributed by atoms with van der Waals surface area (Å²) in [6, 6.07) is 5.73. The molecule has 1 aromatic carbocycles. The van der Waals surface area contributed by atoms with Gasteiger partial charge in [0.15, 0.2) is 11.0 Å². The Morgan fingerprint density at radius 2 is 2.26 bits per heavy atom. The number of nitrogens with one attached hydrogen (secondary N) is 1. The third-order valence-corrected chi connectivity index (χ3v) is 3.43. The van der Waals surface area contributed by atoms with Crippen molar-refractivity contribution in [2.24, 2.45) is 0 Å². The molecule has 3 aromatic rings. The van der Waals surface area contributed by atoms with Crippen molar-refractivity contribution >= 4 is 22.8 Å². The van der Waals surface area contributed by atoms with Gasteiger partial charge in [-0.25, -0.2) is 4.98 Å². The molecule has 98 valence electrons. The number of H-pyrrole nitrogens is 1. The van der Waals surface area contributed by atoms with Crippen molar-refractivity contribution < 1.29 is 9.26 Å². The SMILES string of the molecule is COc1ccc2nc(SCc3nc(C)no3)[nH]c2c1. The Balaban J connectivity index is 1.77. The van der Waals surface area contributed by atoms with Crippen LogP contribution in [0.4, 0.5) is 0 Å². The second-order valence-electron chi connectivity index (χ2n) is 3.95. The molecule has 0 aliphatic carbocycles. The maximum absolute atomic E-state index is 5.18. The highest BCUT2D eigenvalue weighted by Crippen LogP contribution is 2.24. The fraction of sp³-hybridized carbons (Fsp3) is 0.250. The number of nitrogens with zero attached hydrogens (tertiary/aromatic N) is 3. The molecule has 2 aromatic heterocycles. The van der Waals surface area contributed by atoms with Crippen molar-refractivity contribution in [3.05, 3.63) is 29.9 Å². The van der Waals surface area contributed by atoms with Crippen LogP contribution in [0.3, 0.4) is 0 Å². The molecule has 0 unspecified atom stereocenters. The van der Waals surface area contributed by atoms with E-state index < -0.39 is 0 Å². The number of aromatic nitrogens is 4. The maximum Gasteiger partial charge on any atom is 0.237 e. The van der Waals surface area contributed by atoms with Gasteiger partial charge in [0, 0.05) is 6.07 Å². The molecule has 0 aliphatic heterocycles. The molecule has 2 heterocycles. The molecule has 0 atom stereocenters. The quantitative estimate of drug-likeness (QED) is 0.738. The average Bonchev–Trinajstić information content (AvgIpc) is 3.01. The number of thioether (sulfide) groups is 1. The molecular formula is C12H12N4O2S. The molecule has 19 heavy (non-hydrogen) atoms. The Bertz CT molecular complexity index is 707. The number of imidazole rings is 1. The normalized spacial score (nSPS) is 11.1. The third-order valence-electron chi connectivity index (χ3n) is 2.57. The third kappa shape index (κ3) is 2.55. The number of aryl methyl sites for hydroxylation is 1. The van der Waals surface area contributed by atoms with E-state index in [0.717, 1.165) is 21.9 Å². The van der Waals surface area contributed by atoms with Crippen LogP contribution >= 0.6 is 11.8 Å². The number of hydrogen-bond acceptors (Lipinski definition) is 6. The lowest BCUT2D eigenvalue weighted by molar-refractivity contribution is 0.387. The number of rotatable bonds is 4. The molecule has 0 bridgehead atoms. The van der Waals surface area contributed by atoms with E-state index in [9.17, 15) is 0 Å². The van der Waals surface area contributed by atoms with Crippen molar-refractivity contribution in [1.29, 1.82) is 0 Å². The van der Waals surface area contributed by atoms with Gasteiger partial charge in [-0.05, 0) is 19.1 Å². The molecular weight excluding hydrogens is 264 g/mol. The van der Waals surface area contributed by atoms with Gasteiger partial charge in [-0.15, -0.1) is 0 Å². The van der Waals surface area contributed by atoms with Crippen LogP contribution in [-0.4, -0.2) is 27.2 Å². The molecule has 0 amide bonds. The summed E-state index contributed by atoms with van der Waals surface area (Å²) < 4.78 is 10.2. The molecule has 0 saturated heterocycles. The Morgan fingerprint density at radius 1 is 1.37 bits per heavy atom. The summed E-state index contributed by atoms with van der Waals surface area (Å²) in [6.07, 6.45) is 0. The Labute approximate surface area is 113 Å². The lowest BCUT2D eigenvalue weighted by Crippen LogP contribution is -1.82. The highest BCUT2D eigenvalue weighted by atomic mass is 32.2. The van der Waals surface area contributed by atoms with Crippen LogP contribution in [0.2, 0.25) is 0 Å². The first-order valence-corrected chi connectivity index (χ1v) is 6.69. The lowest BCUT2D eigenvalue weighted by Gasteiger charge is -1.96. The van der Waals surface area contributed by atoms with Gasteiger partial charge in [0.05, 0.1) is 23.9 Å². The van der Waals surface area contributed by atoms with E-state index in [1.165, 1.54) is 11.8 Å². The molecule has 1 N–H and O–H groups in total. The van der Waals surface area contributed by atoms with Crippen molar-refractivity contribution in [3.63, 3.8) is 0 Å². The van der Waals surface area contributed by atoms with E-state index in [2.05, 4.69) is 20.1 Å². The summed E-state index contributed by atoms with van der Waals surface area (Å²) in [6.45, 7) is 1.80. The predicted molar refractivity (Wildman–Crippen MR) is 71.2 cm³/mol. The molecule has 7 heteroatoms. The standard InChI is InChI=1S/C12H12N4O2S/c1-7-13-11(18-16-7)6-19-12-14-9-4-3-8(17-2)5-10(9)15-12/h3-5H,6H2,1-2H3,(H,14,15). The number of methoxy groups -OCH3 is 1. The highest BCUT2D eigenvalue weighted by molar-refractivity contribution is 7.98. The van der Waals surface area contributed by atoms with Gasteiger partial charge in [0.25, 0.3) is 0 Å². The topological polar surface area (TPSA) is 76.8 Å². The molecule has 0 spiro atoms. The number of hydrogen-bond donors (Lipinski definition) is 1. The summed E-state index contributed by atoms with van der Waals surface area (Å²) in [7, 11) is 1.64. The van der Waals surface area contributed by atoms with Crippen LogP contribution in [0.25, 0.3) is 11.0 Å². The van der Waals surface area contributed by atoms with Crippen LogP contribution in [0.1, 0.15) is 11.7 Å². The van der Waals surface area contributed by atoms with E-state index >= 15 is 0 Å². The second-order valence-corrected chi connectivity index (χ2v) is 4.91. The zero-order chi connectivity index (χ0) is 13.2. The smallest absolute Gasteiger partial charge is 0.237 e. The monoisotopic (exact) mass is 276 g/mol. The van der Waals surface area contributed by atoms with E-state index in [1.807, 2.05) is 18.2 Å². The predicted octanol–water partition coefficient (Wildman–Crippen LogP) is 2.56. The first-order chi connectivity index (χ1) is 9.24. The number of ether oxygens (including phenoxy) is 1. The highest BCUT2D eigenvalue weighted by Gasteiger charge is 2.08. The van der Waals surface area contributed by atoms with Gasteiger partial charge in [-0.2, -0.15) is 4.98 Å². The first-order valence-electron chi connectivity index (χ1n) is 5.70. The summed E-state index contributed by atoms with van der Waals surface area (Å²) in [5, 5.41) is 4.57. The van der Waals surface area contributed by atoms with Crippen LogP contribution in [0.5, 0.6) is 5.75 Å². The molecule has 3 rings (SSSR count). The van der Waals surface area contributed by atoms with Gasteiger partial charge in [-0.1, -0.05) is 16.9 Å². The molecule has 0 aliphatic rings. The summed E-state index contributed by atoms with van der Waals surface area (Å²) >= 11 is 1.52. The minimum atomic E-state index is 0.595. The van der Waals surface area contributed by atoms with E-state index in [1.54, 1.807) is 14.0 Å². The average molecular weight is 276 g/mol. The fourth-order valence-electron chi connectivity index (χ4n) is 1.69. The Hall–Kier alpha value is -2.02. The molecule has 0 saturated carbocycles. The molecule has 0 fully saturated rings. The van der Waals surface area contributed by atoms with Crippen molar-refractivity contribution in [3.8, 4) is 5.75 Å². The zero-order valence-electron chi connectivity index (χ0n) is 10.5. The molecule has 0 radical (unpaired) electrons. The maximum atomic E-state index is 5.18. The summed E-state index contributed by atoms with van der Waals surface area (Å²) in [4.78, 5) is 11.8. The van der Waals surface area contributed by atoms with Gasteiger partial charge in [0.1, 0.15) is 5.75 Å². The van der Waals surface area contributed by atoms with Crippen molar-refractivity contribution in [2.75, 3.05) is 7.11 Å². The van der Waals surface area contributed by atoms with Crippen LogP contribution in [0.15, 0.2) is 27.9 Å². The minimum absolute atomic E-state index is 0.595. The number of fused-ring (bicyclic) bond motifs is 1. The van der Waals surface area contributed by atoms with Gasteiger partial charge in [0.2, 0.25) is 5.89 Å². The van der Waals surface area contributed by atoms with E-state index in [4.69, 9.17) is 9.26 Å². The minimum Gasteiger partial charge on any atom is -0.497 e. The zero-order valence-corrected chi connectivity index (χ0v) is 11.3. The second kappa shape index (κ2) is 4.93. The molecule has 6 nitrogen and oxygen atoms in total. The van der Waals surface area contributed by atoms with Crippen molar-refractivity contribution in [1.82, 2.24) is 20.1 Å². The van der Waals surface area contributed by atoms with Gasteiger partial charge >= 0.3 is 0 Å². The van der Waals surface area contributed by atoms with Gasteiger partial charge < -0.3 is 14.2 Å². The summed E-state index contributed by atoms with van der Waals surface area (Å²) in [5.41, 5.74) is 1.86. The Morgan fingerprint density at radius 3 is 3.00 bits per heavy atom. The lowest BCUT2D eigenvalue weighted by atomic mass is 10.3. The fourth-order valence-corrected chi connectivity index (χ4v) is 2.41. The summed E-state index contributed by atoms with van der Waals surface area (Å²) in [5.74, 6) is 2.64. The van der Waals surface area contributed by atoms with E-state index in [-0.39, 0.29) is 0 Å². The van der Waals surface area contributed by atoms with Crippen LogP contribution in [-0.2, 0) is 5.75 Å². The largest absolute Gasteiger partial charge is 0.497 e. The van der Waals surface area contributed by atoms with Crippen LogP contribution in [0, 0.1) is 6.92 Å². The number of aromatic amines is 1. The number of benzene rings is 1. The Kier molecular flexibility index (Phi) is 3.12. The van der Waals surface area contributed by atoms with E-state index in [0.29, 0.717) is 17.5 Å².